The second-order valence-corrected chi connectivity index (χ2v) is 6.89. The number of rotatable bonds is 7. The minimum absolute atomic E-state index is 0.115. The second kappa shape index (κ2) is 7.89. The Kier molecular flexibility index (Phi) is 5.90. The van der Waals surface area contributed by atoms with E-state index in [0.717, 1.165) is 0 Å². The summed E-state index contributed by atoms with van der Waals surface area (Å²) in [7, 11) is -1.87. The topological polar surface area (TPSA) is 69.7 Å². The summed E-state index contributed by atoms with van der Waals surface area (Å²) in [5.41, 5.74) is 0.990. The molecule has 0 aromatic heterocycles. The van der Waals surface area contributed by atoms with Gasteiger partial charge in [-0.15, -0.1) is 0 Å². The molecule has 0 aliphatic heterocycles. The fourth-order valence-electron chi connectivity index (χ4n) is 1.97. The van der Waals surface area contributed by atoms with Crippen LogP contribution in [0.1, 0.15) is 15.9 Å². The van der Waals surface area contributed by atoms with Crippen LogP contribution < -0.4 is 0 Å². The lowest BCUT2D eigenvalue weighted by Crippen LogP contribution is -2.10. The molecule has 0 atom stereocenters. The van der Waals surface area contributed by atoms with Crippen LogP contribution >= 0.6 is 0 Å². The van der Waals surface area contributed by atoms with Crippen molar-refractivity contribution in [3.05, 3.63) is 65.7 Å². The fourth-order valence-corrected chi connectivity index (χ4v) is 3.34. The van der Waals surface area contributed by atoms with Gasteiger partial charge in [0.1, 0.15) is 6.61 Å². The Morgan fingerprint density at radius 2 is 1.61 bits per heavy atom. The van der Waals surface area contributed by atoms with E-state index < -0.39 is 15.8 Å². The summed E-state index contributed by atoms with van der Waals surface area (Å²) in [5, 5.41) is 0. The average Bonchev–Trinajstić information content (AvgIpc) is 2.56. The summed E-state index contributed by atoms with van der Waals surface area (Å²) < 4.78 is 34.4. The van der Waals surface area contributed by atoms with Gasteiger partial charge in [-0.25, -0.2) is 13.2 Å². The van der Waals surface area contributed by atoms with E-state index >= 15 is 0 Å². The third-order valence-electron chi connectivity index (χ3n) is 3.17. The number of hydrogen-bond acceptors (Lipinski definition) is 5. The molecule has 2 aromatic rings. The summed E-state index contributed by atoms with van der Waals surface area (Å²) in [6.07, 6.45) is 0. The smallest absolute Gasteiger partial charge is 0.338 e. The molecule has 2 aromatic carbocycles. The molecule has 23 heavy (non-hydrogen) atoms. The molecule has 122 valence electrons. The minimum Gasteiger partial charge on any atom is -0.460 e. The second-order valence-electron chi connectivity index (χ2n) is 4.90. The van der Waals surface area contributed by atoms with E-state index in [1.807, 2.05) is 0 Å². The van der Waals surface area contributed by atoms with Crippen molar-refractivity contribution in [1.82, 2.24) is 0 Å². The highest BCUT2D eigenvalue weighted by molar-refractivity contribution is 7.90. The summed E-state index contributed by atoms with van der Waals surface area (Å²) >= 11 is 0. The SMILES string of the molecule is COCCOC(=O)c1ccc(CS(=O)(=O)c2ccccc2)cc1. The van der Waals surface area contributed by atoms with Crippen LogP contribution in [0.2, 0.25) is 0 Å². The number of ether oxygens (including phenoxy) is 2. The molecule has 0 heterocycles. The van der Waals surface area contributed by atoms with Crippen LogP contribution in [0.4, 0.5) is 0 Å². The number of carbonyl (C=O) groups is 1. The quantitative estimate of drug-likeness (QED) is 0.575. The summed E-state index contributed by atoms with van der Waals surface area (Å²) in [4.78, 5) is 12.0. The molecule has 0 N–H and O–H groups in total. The van der Waals surface area contributed by atoms with Gasteiger partial charge in [0, 0.05) is 7.11 Å². The maximum absolute atomic E-state index is 12.3. The molecule has 0 aliphatic carbocycles. The van der Waals surface area contributed by atoms with Gasteiger partial charge < -0.3 is 9.47 Å². The van der Waals surface area contributed by atoms with Gasteiger partial charge in [-0.05, 0) is 29.8 Å². The third kappa shape index (κ3) is 4.91. The van der Waals surface area contributed by atoms with Gasteiger partial charge >= 0.3 is 5.97 Å². The van der Waals surface area contributed by atoms with Gasteiger partial charge in [0.05, 0.1) is 22.8 Å². The van der Waals surface area contributed by atoms with E-state index in [2.05, 4.69) is 0 Å². The monoisotopic (exact) mass is 334 g/mol. The summed E-state index contributed by atoms with van der Waals surface area (Å²) in [6, 6.07) is 14.6. The Bertz CT molecular complexity index is 736. The van der Waals surface area contributed by atoms with Crippen molar-refractivity contribution in [2.24, 2.45) is 0 Å². The average molecular weight is 334 g/mol. The lowest BCUT2D eigenvalue weighted by Gasteiger charge is -2.07. The largest absolute Gasteiger partial charge is 0.460 e. The van der Waals surface area contributed by atoms with Crippen LogP contribution in [0.5, 0.6) is 0 Å². The maximum Gasteiger partial charge on any atom is 0.338 e. The van der Waals surface area contributed by atoms with Crippen LogP contribution in [0.15, 0.2) is 59.5 Å². The molecule has 0 saturated carbocycles. The molecule has 5 nitrogen and oxygen atoms in total. The molecule has 0 aliphatic rings. The first-order chi connectivity index (χ1) is 11.0. The van der Waals surface area contributed by atoms with Crippen molar-refractivity contribution >= 4 is 15.8 Å². The third-order valence-corrected chi connectivity index (χ3v) is 4.87. The number of sulfone groups is 1. The van der Waals surface area contributed by atoms with E-state index in [1.165, 1.54) is 7.11 Å². The highest BCUT2D eigenvalue weighted by Gasteiger charge is 2.15. The van der Waals surface area contributed by atoms with E-state index in [9.17, 15) is 13.2 Å². The highest BCUT2D eigenvalue weighted by atomic mass is 32.2. The Morgan fingerprint density at radius 1 is 0.957 bits per heavy atom. The van der Waals surface area contributed by atoms with Crippen LogP contribution in [-0.2, 0) is 25.1 Å². The van der Waals surface area contributed by atoms with E-state index in [0.29, 0.717) is 17.7 Å². The van der Waals surface area contributed by atoms with Crippen molar-refractivity contribution in [3.8, 4) is 0 Å². The minimum atomic E-state index is -3.40. The molecular weight excluding hydrogens is 316 g/mol. The molecule has 0 amide bonds. The number of hydrogen-bond donors (Lipinski definition) is 0. The van der Waals surface area contributed by atoms with Gasteiger partial charge in [0.25, 0.3) is 0 Å². The van der Waals surface area contributed by atoms with Crippen molar-refractivity contribution in [1.29, 1.82) is 0 Å². The first-order valence-corrected chi connectivity index (χ1v) is 8.71. The number of benzene rings is 2. The predicted octanol–water partition coefficient (Wildman–Crippen LogP) is 2.46. The first-order valence-electron chi connectivity index (χ1n) is 7.06. The Labute approximate surface area is 135 Å². The molecule has 0 bridgehead atoms. The normalized spacial score (nSPS) is 11.2. The lowest BCUT2D eigenvalue weighted by molar-refractivity contribution is 0.0388. The Hall–Kier alpha value is -2.18. The van der Waals surface area contributed by atoms with E-state index in [1.54, 1.807) is 54.6 Å². The number of methoxy groups -OCH3 is 1. The molecule has 0 unspecified atom stereocenters. The molecule has 2 rings (SSSR count). The van der Waals surface area contributed by atoms with Crippen molar-refractivity contribution in [2.75, 3.05) is 20.3 Å². The van der Waals surface area contributed by atoms with Crippen LogP contribution in [0.3, 0.4) is 0 Å². The number of carbonyl (C=O) groups excluding carboxylic acids is 1. The lowest BCUT2D eigenvalue weighted by atomic mass is 10.1. The van der Waals surface area contributed by atoms with Gasteiger partial charge in [0.15, 0.2) is 9.84 Å². The van der Waals surface area contributed by atoms with Gasteiger partial charge in [-0.1, -0.05) is 30.3 Å². The van der Waals surface area contributed by atoms with E-state index in [4.69, 9.17) is 9.47 Å². The molecule has 0 spiro atoms. The number of esters is 1. The maximum atomic E-state index is 12.3. The molecule has 0 fully saturated rings. The summed E-state index contributed by atoms with van der Waals surface area (Å²) in [6.45, 7) is 0.513. The zero-order valence-electron chi connectivity index (χ0n) is 12.8. The summed E-state index contributed by atoms with van der Waals surface area (Å²) in [5.74, 6) is -0.574. The van der Waals surface area contributed by atoms with Gasteiger partial charge in [-0.2, -0.15) is 0 Å². The van der Waals surface area contributed by atoms with E-state index in [-0.39, 0.29) is 17.3 Å². The first kappa shape index (κ1) is 17.2. The standard InChI is InChI=1S/C17H18O5S/c1-21-11-12-22-17(18)15-9-7-14(8-10-15)13-23(19,20)16-5-3-2-4-6-16/h2-10H,11-13H2,1H3. The van der Waals surface area contributed by atoms with Crippen LogP contribution in [0, 0.1) is 0 Å². The highest BCUT2D eigenvalue weighted by Crippen LogP contribution is 2.16. The van der Waals surface area contributed by atoms with Crippen molar-refractivity contribution in [2.45, 2.75) is 10.6 Å². The molecule has 6 heteroatoms. The molecule has 0 saturated heterocycles. The van der Waals surface area contributed by atoms with Gasteiger partial charge in [0.2, 0.25) is 0 Å². The van der Waals surface area contributed by atoms with Crippen LogP contribution in [0.25, 0.3) is 0 Å². The van der Waals surface area contributed by atoms with Crippen LogP contribution in [-0.4, -0.2) is 34.7 Å². The fraction of sp³-hybridized carbons (Fsp3) is 0.235. The Balaban J connectivity index is 2.04. The van der Waals surface area contributed by atoms with Gasteiger partial charge in [-0.3, -0.25) is 0 Å². The zero-order chi connectivity index (χ0) is 16.7. The Morgan fingerprint density at radius 3 is 2.22 bits per heavy atom. The predicted molar refractivity (Wildman–Crippen MR) is 85.9 cm³/mol. The van der Waals surface area contributed by atoms with Crippen molar-refractivity contribution in [3.63, 3.8) is 0 Å². The molecular formula is C17H18O5S. The zero-order valence-corrected chi connectivity index (χ0v) is 13.6. The molecule has 0 radical (unpaired) electrons. The van der Waals surface area contributed by atoms with Crippen molar-refractivity contribution < 1.29 is 22.7 Å².